The third kappa shape index (κ3) is 7.95. The summed E-state index contributed by atoms with van der Waals surface area (Å²) in [4.78, 5) is 0. The van der Waals surface area contributed by atoms with Crippen LogP contribution in [-0.4, -0.2) is 51.9 Å². The Morgan fingerprint density at radius 2 is 1.19 bits per heavy atom. The van der Waals surface area contributed by atoms with Gasteiger partial charge in [-0.3, -0.25) is 0 Å². The van der Waals surface area contributed by atoms with E-state index in [-0.39, 0.29) is 0 Å². The normalized spacial score (nSPS) is 27.0. The first-order valence-corrected chi connectivity index (χ1v) is 13.3. The van der Waals surface area contributed by atoms with Gasteiger partial charge in [0.1, 0.15) is 0 Å². The van der Waals surface area contributed by atoms with Crippen LogP contribution in [0.4, 0.5) is 0 Å². The molecule has 0 nitrogen and oxygen atoms in total. The summed E-state index contributed by atoms with van der Waals surface area (Å²) in [5.74, 6) is 2.95. The van der Waals surface area contributed by atoms with Crippen LogP contribution in [0.5, 0.6) is 0 Å². The fourth-order valence-corrected chi connectivity index (χ4v) is 9.12. The molecule has 4 heteroatoms. The molecule has 0 radical (unpaired) electrons. The van der Waals surface area contributed by atoms with Crippen molar-refractivity contribution in [2.45, 2.75) is 57.5 Å². The molecule has 2 aliphatic rings. The van der Waals surface area contributed by atoms with Gasteiger partial charge in [-0.1, -0.05) is 0 Å². The van der Waals surface area contributed by atoms with Crippen molar-refractivity contribution >= 4 is 53.4 Å². The summed E-state index contributed by atoms with van der Waals surface area (Å²) in [6, 6.07) is 0. The molecule has 0 N–H and O–H groups in total. The van der Waals surface area contributed by atoms with Gasteiger partial charge in [-0.05, 0) is 0 Å². The second-order valence-electron chi connectivity index (χ2n) is 4.47. The third-order valence-electron chi connectivity index (χ3n) is 2.74. The van der Waals surface area contributed by atoms with E-state index in [0.717, 1.165) is 40.4 Å². The Morgan fingerprint density at radius 1 is 0.750 bits per heavy atom. The molecule has 0 amide bonds. The molecule has 0 aromatic rings. The van der Waals surface area contributed by atoms with Crippen LogP contribution < -0.4 is 0 Å². The second kappa shape index (κ2) is 8.77. The van der Waals surface area contributed by atoms with E-state index in [1.54, 1.807) is 21.3 Å². The summed E-state index contributed by atoms with van der Waals surface area (Å²) in [7, 11) is 0. The van der Waals surface area contributed by atoms with Crippen molar-refractivity contribution in [3.63, 3.8) is 0 Å². The maximum absolute atomic E-state index is 2.17. The molecule has 16 heavy (non-hydrogen) atoms. The molecule has 2 atom stereocenters. The van der Waals surface area contributed by atoms with E-state index in [2.05, 4.69) is 23.5 Å². The van der Waals surface area contributed by atoms with E-state index in [0.29, 0.717) is 0 Å². The molecular weight excluding hydrogens is 366 g/mol. The second-order valence-corrected chi connectivity index (χ2v) is 12.0. The molecule has 2 heterocycles. The zero-order chi connectivity index (χ0) is 11.1. The molecule has 0 aromatic carbocycles. The Balaban J connectivity index is 1.22. The number of hydrogen-bond donors (Lipinski definition) is 0. The summed E-state index contributed by atoms with van der Waals surface area (Å²) in [5.41, 5.74) is 0. The molecule has 0 spiro atoms. The van der Waals surface area contributed by atoms with E-state index in [4.69, 9.17) is 0 Å². The van der Waals surface area contributed by atoms with Crippen molar-refractivity contribution in [2.75, 3.05) is 11.5 Å². The Kier molecular flexibility index (Phi) is 7.76. The number of rotatable bonds is 11. The molecule has 0 aromatic heterocycles. The molecular formula is C12H22S2Se2. The molecule has 0 aliphatic carbocycles. The van der Waals surface area contributed by atoms with Gasteiger partial charge in [0.05, 0.1) is 0 Å². The summed E-state index contributed by atoms with van der Waals surface area (Å²) in [5, 5.41) is 8.47. The van der Waals surface area contributed by atoms with Crippen LogP contribution in [0.25, 0.3) is 0 Å². The van der Waals surface area contributed by atoms with Crippen LogP contribution in [0, 0.1) is 0 Å². The first kappa shape index (κ1) is 14.2. The van der Waals surface area contributed by atoms with Gasteiger partial charge in [-0.15, -0.1) is 0 Å². The topological polar surface area (TPSA) is 0 Å². The molecule has 2 saturated heterocycles. The van der Waals surface area contributed by atoms with Gasteiger partial charge in [0.15, 0.2) is 0 Å². The predicted octanol–water partition coefficient (Wildman–Crippen LogP) is 3.86. The molecule has 94 valence electrons. The van der Waals surface area contributed by atoms with Gasteiger partial charge in [0, 0.05) is 0 Å². The summed E-state index contributed by atoms with van der Waals surface area (Å²) in [6.07, 6.45) is 6.10. The monoisotopic (exact) mass is 390 g/mol. The molecule has 0 saturated carbocycles. The van der Waals surface area contributed by atoms with Crippen LogP contribution >= 0.6 is 23.5 Å². The first-order valence-electron chi connectivity index (χ1n) is 6.34. The Labute approximate surface area is 122 Å². The molecule has 0 bridgehead atoms. The Bertz CT molecular complexity index is 162. The van der Waals surface area contributed by atoms with E-state index >= 15 is 0 Å². The fourth-order valence-electron chi connectivity index (χ4n) is 1.52. The Hall–Kier alpha value is 1.74. The summed E-state index contributed by atoms with van der Waals surface area (Å²) >= 11 is 6.31. The van der Waals surface area contributed by atoms with Crippen molar-refractivity contribution in [2.24, 2.45) is 0 Å². The van der Waals surface area contributed by atoms with Crippen molar-refractivity contribution in [3.8, 4) is 0 Å². The SMILES string of the molecule is C(CCC[Se]CC1CS1)CC[Se]CC1CS1. The van der Waals surface area contributed by atoms with E-state index in [1.807, 2.05) is 0 Å². The number of hydrogen-bond acceptors (Lipinski definition) is 2. The van der Waals surface area contributed by atoms with E-state index in [1.165, 1.54) is 37.2 Å². The van der Waals surface area contributed by atoms with Crippen molar-refractivity contribution < 1.29 is 0 Å². The zero-order valence-electron chi connectivity index (χ0n) is 9.86. The van der Waals surface area contributed by atoms with E-state index < -0.39 is 0 Å². The molecule has 2 unspecified atom stereocenters. The minimum absolute atomic E-state index is 0.987. The van der Waals surface area contributed by atoms with Gasteiger partial charge in [-0.25, -0.2) is 0 Å². The minimum atomic E-state index is 0.987. The van der Waals surface area contributed by atoms with Crippen LogP contribution in [0.3, 0.4) is 0 Å². The van der Waals surface area contributed by atoms with Gasteiger partial charge >= 0.3 is 122 Å². The van der Waals surface area contributed by atoms with Gasteiger partial charge in [-0.2, -0.15) is 0 Å². The summed E-state index contributed by atoms with van der Waals surface area (Å²) in [6.45, 7) is 0. The van der Waals surface area contributed by atoms with Crippen LogP contribution in [-0.2, 0) is 0 Å². The van der Waals surface area contributed by atoms with Gasteiger partial charge in [0.25, 0.3) is 0 Å². The average molecular weight is 388 g/mol. The Morgan fingerprint density at radius 3 is 1.56 bits per heavy atom. The summed E-state index contributed by atoms with van der Waals surface area (Å²) < 4.78 is 0. The van der Waals surface area contributed by atoms with Gasteiger partial charge < -0.3 is 0 Å². The standard InChI is InChI=1S/C12H22S2Se2/c1(3-5-15-9-11-7-13-11)2-4-6-16-10-12-8-14-12/h11-12H,1-10H2. The van der Waals surface area contributed by atoms with Crippen LogP contribution in [0.2, 0.25) is 21.3 Å². The fraction of sp³-hybridized carbons (Fsp3) is 1.00. The first-order chi connectivity index (χ1) is 7.95. The van der Waals surface area contributed by atoms with E-state index in [9.17, 15) is 0 Å². The number of thioether (sulfide) groups is 2. The number of unbranched alkanes of at least 4 members (excludes halogenated alkanes) is 3. The van der Waals surface area contributed by atoms with Crippen LogP contribution in [0.15, 0.2) is 0 Å². The van der Waals surface area contributed by atoms with Crippen molar-refractivity contribution in [1.82, 2.24) is 0 Å². The van der Waals surface area contributed by atoms with Crippen LogP contribution in [0.1, 0.15) is 25.7 Å². The van der Waals surface area contributed by atoms with Gasteiger partial charge in [0.2, 0.25) is 0 Å². The molecule has 2 rings (SSSR count). The predicted molar refractivity (Wildman–Crippen MR) is 81.7 cm³/mol. The zero-order valence-corrected chi connectivity index (χ0v) is 14.9. The third-order valence-corrected chi connectivity index (χ3v) is 10.7. The molecule has 2 fully saturated rings. The van der Waals surface area contributed by atoms with Crippen molar-refractivity contribution in [1.29, 1.82) is 0 Å². The molecule has 2 aliphatic heterocycles. The maximum atomic E-state index is 2.17. The quantitative estimate of drug-likeness (QED) is 0.300. The average Bonchev–Trinajstić information content (AvgIpc) is 3.14. The van der Waals surface area contributed by atoms with Crippen molar-refractivity contribution in [3.05, 3.63) is 0 Å².